The van der Waals surface area contributed by atoms with Crippen LogP contribution in [0, 0.1) is 41.4 Å². The van der Waals surface area contributed by atoms with Crippen LogP contribution in [0.5, 0.6) is 0 Å². The number of carbonyl (C=O) groups is 14. The number of carboxylic acids is 1. The number of amides is 8. The van der Waals surface area contributed by atoms with Crippen LogP contribution in [-0.2, 0) is 80.0 Å². The molecule has 1 aromatic heterocycles. The molecule has 36 heteroatoms. The molecule has 0 aliphatic carbocycles. The van der Waals surface area contributed by atoms with E-state index in [0.29, 0.717) is 50.0 Å². The van der Waals surface area contributed by atoms with Crippen molar-refractivity contribution in [2.75, 3.05) is 51.8 Å². The first-order chi connectivity index (χ1) is 60.4. The third-order valence-electron chi connectivity index (χ3n) is 22.1. The predicted molar refractivity (Wildman–Crippen MR) is 496 cm³/mol. The monoisotopic (exact) mass is 1800 g/mol. The quantitative estimate of drug-likeness (QED) is 0.0144. The Morgan fingerprint density at radius 1 is 0.520 bits per heavy atom. The third kappa shape index (κ3) is 47.7. The Balaban J connectivity index is 0.000000905. The number of aromatic amines is 1. The van der Waals surface area contributed by atoms with Gasteiger partial charge in [0, 0.05) is 106 Å². The molecule has 127 heavy (non-hydrogen) atoms. The predicted octanol–water partition coefficient (Wildman–Crippen LogP) is 5.48. The van der Waals surface area contributed by atoms with Crippen molar-refractivity contribution >= 4 is 123 Å². The number of aliphatic imine (C=N–C) groups is 3. The first kappa shape index (κ1) is 112. The minimum Gasteiger partial charge on any atom is -0.481 e. The van der Waals surface area contributed by atoms with Crippen LogP contribution in [0.2, 0.25) is 0 Å². The molecular formula is C91H148N18O17S. The van der Waals surface area contributed by atoms with Crippen LogP contribution in [0.3, 0.4) is 0 Å². The summed E-state index contributed by atoms with van der Waals surface area (Å²) >= 11 is 1.53. The van der Waals surface area contributed by atoms with E-state index in [1.165, 1.54) is 77.1 Å². The number of aliphatic hydroxyl groups is 2. The summed E-state index contributed by atoms with van der Waals surface area (Å²) in [5, 5.41) is 49.5. The van der Waals surface area contributed by atoms with Gasteiger partial charge < -0.3 is 97.7 Å². The molecule has 0 spiro atoms. The van der Waals surface area contributed by atoms with Gasteiger partial charge in [0.2, 0.25) is 47.3 Å². The third-order valence-corrected chi connectivity index (χ3v) is 22.8. The summed E-state index contributed by atoms with van der Waals surface area (Å²) < 4.78 is 0. The second-order valence-corrected chi connectivity index (χ2v) is 34.2. The number of unbranched alkanes of at least 4 members (excludes halogenated alkanes) is 12. The SMILES string of the molecule is CCCCCCCCCCCCCCCC(=O)NCC(=O)N[C@@H](CO)C(=O)C[C@H](C(=O)N[C@@H](CC(=O)O)C(=O)C[C@@H](CCCN=C(N)N)C(=O)N[C@@H](CC(C)C)C(=O)C[C@@H](CCCN=C(N)N)C(=O)NC)[C@@H](C)O.CC[C@H](C)[C@H](NC(=O)[C@@H](CC(=O)[C@H](CCSC)NC(=O)[C@@H](CC(=O)/C(C)=C\CCN=C(N)N)Cc1c[nH]c2ccccc12)Cc1ccccc1)C(N)=O. The number of primary amides is 1. The number of nitrogens with zero attached hydrogens (tertiary/aromatic N) is 3. The van der Waals surface area contributed by atoms with Crippen LogP contribution in [-0.4, -0.2) is 208 Å². The molecule has 0 radical (unpaired) electrons. The van der Waals surface area contributed by atoms with Crippen LogP contribution < -0.4 is 77.4 Å². The number of nitrogens with one attached hydrogen (secondary N) is 8. The highest BCUT2D eigenvalue weighted by molar-refractivity contribution is 7.98. The molecule has 8 amide bonds. The Morgan fingerprint density at radius 3 is 1.55 bits per heavy atom. The molecule has 0 bridgehead atoms. The summed E-state index contributed by atoms with van der Waals surface area (Å²) in [6.45, 7) is 11.7. The van der Waals surface area contributed by atoms with E-state index in [1.807, 2.05) is 94.7 Å². The average molecular weight is 1800 g/mol. The summed E-state index contributed by atoms with van der Waals surface area (Å²) in [5.41, 5.74) is 41.4. The van der Waals surface area contributed by atoms with Crippen molar-refractivity contribution in [3.63, 3.8) is 0 Å². The summed E-state index contributed by atoms with van der Waals surface area (Å²) in [4.78, 5) is 202. The van der Waals surface area contributed by atoms with Crippen molar-refractivity contribution < 1.29 is 82.4 Å². The van der Waals surface area contributed by atoms with Crippen LogP contribution in [0.1, 0.15) is 239 Å². The van der Waals surface area contributed by atoms with Gasteiger partial charge in [-0.3, -0.25) is 82.1 Å². The minimum absolute atomic E-state index is 0.0292. The number of aliphatic carboxylic acids is 1. The van der Waals surface area contributed by atoms with Crippen LogP contribution in [0.4, 0.5) is 0 Å². The number of thioether (sulfide) groups is 1. The number of allylic oxidation sites excluding steroid dienone is 1. The van der Waals surface area contributed by atoms with E-state index in [-0.39, 0.29) is 124 Å². The zero-order valence-electron chi connectivity index (χ0n) is 76.2. The highest BCUT2D eigenvalue weighted by atomic mass is 32.2. The Morgan fingerprint density at radius 2 is 1.02 bits per heavy atom. The molecule has 35 nitrogen and oxygen atoms in total. The zero-order chi connectivity index (χ0) is 94.9. The van der Waals surface area contributed by atoms with Crippen molar-refractivity contribution in [2.45, 2.75) is 277 Å². The van der Waals surface area contributed by atoms with E-state index >= 15 is 0 Å². The van der Waals surface area contributed by atoms with E-state index < -0.39 is 163 Å². The van der Waals surface area contributed by atoms with Gasteiger partial charge in [0.05, 0.1) is 49.7 Å². The van der Waals surface area contributed by atoms with Gasteiger partial charge in [0.15, 0.2) is 46.8 Å². The largest absolute Gasteiger partial charge is 0.481 e. The van der Waals surface area contributed by atoms with Gasteiger partial charge in [-0.1, -0.05) is 173 Å². The molecule has 2 aromatic carbocycles. The maximum atomic E-state index is 14.2. The maximum Gasteiger partial charge on any atom is 0.305 e. The zero-order valence-corrected chi connectivity index (χ0v) is 77.0. The number of guanidine groups is 3. The number of hydrogen-bond donors (Lipinski definition) is 18. The van der Waals surface area contributed by atoms with Crippen LogP contribution in [0.25, 0.3) is 10.9 Å². The fourth-order valence-corrected chi connectivity index (χ4v) is 15.0. The number of nitrogens with two attached hydrogens (primary N) is 7. The van der Waals surface area contributed by atoms with Crippen molar-refractivity contribution in [2.24, 2.45) is 96.5 Å². The Kier molecular flexibility index (Phi) is 56.8. The molecule has 0 saturated heterocycles. The molecule has 3 aromatic rings. The number of aliphatic hydroxyl groups excluding tert-OH is 2. The van der Waals surface area contributed by atoms with Gasteiger partial charge in [-0.05, 0) is 125 Å². The Bertz CT molecular complexity index is 4050. The number of para-hydroxylation sites is 1. The molecule has 0 aliphatic rings. The highest BCUT2D eigenvalue weighted by Crippen LogP contribution is 2.27. The number of aromatic nitrogens is 1. The fourth-order valence-electron chi connectivity index (χ4n) is 14.5. The fraction of sp³-hybridized carbons (Fsp3) is 0.637. The Labute approximate surface area is 752 Å². The number of Topliss-reactive ketones (excluding diaryl/α,β-unsaturated/α-hetero) is 5. The van der Waals surface area contributed by atoms with E-state index in [9.17, 15) is 82.4 Å². The maximum absolute atomic E-state index is 14.2. The average Bonchev–Trinajstić information content (AvgIpc) is 1.72. The van der Waals surface area contributed by atoms with Crippen molar-refractivity contribution in [1.29, 1.82) is 0 Å². The lowest BCUT2D eigenvalue weighted by atomic mass is 9.88. The molecule has 3 rings (SSSR count). The molecule has 0 unspecified atom stereocenters. The molecule has 0 aliphatic heterocycles. The number of H-pyrrole nitrogens is 1. The van der Waals surface area contributed by atoms with E-state index in [1.54, 1.807) is 13.0 Å². The lowest BCUT2D eigenvalue weighted by Crippen LogP contribution is -2.51. The Hall–Kier alpha value is -10.6. The molecular weight excluding hydrogens is 1650 g/mol. The van der Waals surface area contributed by atoms with Gasteiger partial charge in [-0.25, -0.2) is 0 Å². The second-order valence-electron chi connectivity index (χ2n) is 33.2. The number of carboxylic acid groups (broad SMARTS) is 1. The number of fused-ring (bicyclic) bond motifs is 1. The van der Waals surface area contributed by atoms with Gasteiger partial charge >= 0.3 is 5.97 Å². The van der Waals surface area contributed by atoms with E-state index in [2.05, 4.69) is 64.1 Å². The van der Waals surface area contributed by atoms with Crippen molar-refractivity contribution in [3.8, 4) is 0 Å². The summed E-state index contributed by atoms with van der Waals surface area (Å²) in [5.74, 6) is -14.5. The molecule has 0 fully saturated rings. The second kappa shape index (κ2) is 64.2. The van der Waals surface area contributed by atoms with Gasteiger partial charge in [-0.2, -0.15) is 11.8 Å². The first-order valence-corrected chi connectivity index (χ1v) is 46.1. The molecule has 12 atom stereocenters. The smallest absolute Gasteiger partial charge is 0.305 e. The number of ketones is 5. The lowest BCUT2D eigenvalue weighted by molar-refractivity contribution is -0.142. The van der Waals surface area contributed by atoms with Gasteiger partial charge in [0.1, 0.15) is 12.1 Å². The summed E-state index contributed by atoms with van der Waals surface area (Å²) in [7, 11) is 1.43. The molecule has 25 N–H and O–H groups in total. The van der Waals surface area contributed by atoms with Gasteiger partial charge in [0.25, 0.3) is 0 Å². The number of benzene rings is 2. The summed E-state index contributed by atoms with van der Waals surface area (Å²) in [6, 6.07) is 10.9. The standard InChI is InChI=1S/C51H93N11O12.C40H55N7O5S/c1-6-7-8-9-10-11-12-13-14-15-16-17-18-23-44(68)59-31-45(69)60-40(32-63)43(67)29-37(34(4)64)49(74)62-39(30-46(70)71)42(66)28-36(22-20-25-58-51(54)55)48(73)61-38(26-33(2)3)41(65)27-35(47(72)56-5)21-19-24-57-50(52)53;1-5-25(2)36(37(41)50)47-39(52)28(20-27-13-7-6-8-14-27)23-35(49)33(17-19-53-4)46-38(51)29(21-30-24-45-32-16-10-9-15-31(30)32)22-34(48)26(3)12-11-18-44-40(42)43/h33-40,63-64H,6-32H2,1-5H3,(H,56,72)(H,59,68)(H,60,69)(H,61,73)(H,62,74)(H,70,71)(H4,52,53,57)(H4,54,55,58);6-10,12-16,24-25,28-29,33,36,45H,5,11,17-23H2,1-4H3,(H2,41,50)(H,46,51)(H,47,52)(H4,42,43,44)/b;26-12-/t34-,35-,36-,37+,38+,39+,40+;25-,28+,29+,33-,36-/m10/s1. The lowest BCUT2D eigenvalue weighted by Gasteiger charge is -2.26. The molecule has 0 saturated carbocycles. The minimum atomic E-state index is -1.76. The normalized spacial score (nSPS) is 14.1. The molecule has 710 valence electrons. The number of rotatable bonds is 68. The highest BCUT2D eigenvalue weighted by Gasteiger charge is 2.38. The topological polar surface area (TPSA) is 619 Å². The summed E-state index contributed by atoms with van der Waals surface area (Å²) in [6.07, 6.45) is 19.2. The van der Waals surface area contributed by atoms with E-state index in [4.69, 9.17) is 40.1 Å². The van der Waals surface area contributed by atoms with Crippen LogP contribution >= 0.6 is 11.8 Å². The van der Waals surface area contributed by atoms with Crippen LogP contribution in [0.15, 0.2) is 87.4 Å². The number of carbonyl (C=O) groups excluding carboxylic acids is 13. The van der Waals surface area contributed by atoms with E-state index in [0.717, 1.165) is 47.7 Å². The first-order valence-electron chi connectivity index (χ1n) is 44.7. The van der Waals surface area contributed by atoms with Gasteiger partial charge in [-0.15, -0.1) is 0 Å². The van der Waals surface area contributed by atoms with Crippen molar-refractivity contribution in [3.05, 3.63) is 83.6 Å². The molecule has 1 heterocycles. The van der Waals surface area contributed by atoms with Crippen molar-refractivity contribution in [1.82, 2.24) is 42.2 Å². The number of hydrogen-bond acceptors (Lipinski definition) is 20.